The summed E-state index contributed by atoms with van der Waals surface area (Å²) in [5.41, 5.74) is -0.401. The van der Waals surface area contributed by atoms with Crippen LogP contribution in [0, 0.1) is 29.1 Å². The van der Waals surface area contributed by atoms with E-state index in [0.717, 1.165) is 38.5 Å². The van der Waals surface area contributed by atoms with Gasteiger partial charge in [0.1, 0.15) is 5.78 Å². The van der Waals surface area contributed by atoms with Gasteiger partial charge in [0.2, 0.25) is 0 Å². The molecule has 0 bridgehead atoms. The molecule has 0 aromatic carbocycles. The van der Waals surface area contributed by atoms with E-state index in [1.54, 1.807) is 0 Å². The van der Waals surface area contributed by atoms with Gasteiger partial charge in [-0.2, -0.15) is 0 Å². The van der Waals surface area contributed by atoms with Crippen LogP contribution in [0.15, 0.2) is 0 Å². The largest absolute Gasteiger partial charge is 0.390 e. The molecule has 3 aliphatic rings. The lowest BCUT2D eigenvalue weighted by Gasteiger charge is -2.53. The van der Waals surface area contributed by atoms with Crippen LogP contribution in [-0.4, -0.2) is 16.5 Å². The number of carbonyl (C=O) groups is 1. The number of hydrogen-bond donors (Lipinski definition) is 1. The first-order valence-corrected chi connectivity index (χ1v) is 7.62. The highest BCUT2D eigenvalue weighted by atomic mass is 16.3. The number of ketones is 1. The van der Waals surface area contributed by atoms with Crippen LogP contribution in [-0.2, 0) is 4.79 Å². The van der Waals surface area contributed by atoms with Crippen molar-refractivity contribution in [3.05, 3.63) is 0 Å². The average molecular weight is 250 g/mol. The Morgan fingerprint density at radius 2 is 1.83 bits per heavy atom. The Hall–Kier alpha value is -0.370. The van der Waals surface area contributed by atoms with Gasteiger partial charge in [-0.25, -0.2) is 0 Å². The minimum Gasteiger partial charge on any atom is -0.390 e. The predicted octanol–water partition coefficient (Wildman–Crippen LogP) is 3.18. The lowest BCUT2D eigenvalue weighted by atomic mass is 9.52. The molecule has 0 radical (unpaired) electrons. The second-order valence-corrected chi connectivity index (χ2v) is 7.50. The van der Waals surface area contributed by atoms with Crippen molar-refractivity contribution in [1.29, 1.82) is 0 Å². The number of aliphatic hydroxyl groups is 1. The van der Waals surface area contributed by atoms with Gasteiger partial charge < -0.3 is 5.11 Å². The third-order valence-electron chi connectivity index (χ3n) is 6.93. The topological polar surface area (TPSA) is 37.3 Å². The summed E-state index contributed by atoms with van der Waals surface area (Å²) in [6, 6.07) is 0. The Bertz CT molecular complexity index is 373. The summed E-state index contributed by atoms with van der Waals surface area (Å²) in [7, 11) is 0. The van der Waals surface area contributed by atoms with Crippen molar-refractivity contribution in [3.8, 4) is 0 Å². The molecule has 3 saturated carbocycles. The molecule has 0 aliphatic heterocycles. The smallest absolute Gasteiger partial charge is 0.135 e. The second-order valence-electron chi connectivity index (χ2n) is 7.50. The molecule has 0 spiro atoms. The molecule has 0 aromatic rings. The number of Topliss-reactive ketones (excluding diaryl/α,β-unsaturated/α-hetero) is 1. The zero-order valence-corrected chi connectivity index (χ0v) is 11.9. The standard InChI is InChI=1S/C16H26O2/c1-10-11-6-8-15(2)13(7-9-16(15,3)18)12(11)4-5-14(10)17/h10-13,18H,4-9H2,1-3H3/t10-,11-,12-,13+,15+,16+/m1/s1. The van der Waals surface area contributed by atoms with E-state index in [2.05, 4.69) is 13.8 Å². The summed E-state index contributed by atoms with van der Waals surface area (Å²) in [5, 5.41) is 10.7. The van der Waals surface area contributed by atoms with Gasteiger partial charge in [0.25, 0.3) is 0 Å². The van der Waals surface area contributed by atoms with Gasteiger partial charge in [-0.15, -0.1) is 0 Å². The van der Waals surface area contributed by atoms with Crippen molar-refractivity contribution in [2.75, 3.05) is 0 Å². The van der Waals surface area contributed by atoms with Gasteiger partial charge in [0, 0.05) is 12.3 Å². The quantitative estimate of drug-likeness (QED) is 0.717. The summed E-state index contributed by atoms with van der Waals surface area (Å²) in [4.78, 5) is 11.9. The molecule has 3 rings (SSSR count). The van der Waals surface area contributed by atoms with E-state index in [4.69, 9.17) is 0 Å². The van der Waals surface area contributed by atoms with Crippen molar-refractivity contribution < 1.29 is 9.90 Å². The molecular weight excluding hydrogens is 224 g/mol. The Balaban J connectivity index is 1.90. The average Bonchev–Trinajstić information content (AvgIpc) is 2.55. The summed E-state index contributed by atoms with van der Waals surface area (Å²) in [5.74, 6) is 2.66. The van der Waals surface area contributed by atoms with Crippen molar-refractivity contribution in [2.24, 2.45) is 29.1 Å². The number of rotatable bonds is 0. The number of carbonyl (C=O) groups excluding carboxylic acids is 1. The van der Waals surface area contributed by atoms with E-state index in [1.165, 1.54) is 0 Å². The van der Waals surface area contributed by atoms with Crippen molar-refractivity contribution in [2.45, 2.75) is 64.9 Å². The highest BCUT2D eigenvalue weighted by Crippen LogP contribution is 2.63. The summed E-state index contributed by atoms with van der Waals surface area (Å²) < 4.78 is 0. The third kappa shape index (κ3) is 1.47. The maximum atomic E-state index is 11.9. The summed E-state index contributed by atoms with van der Waals surface area (Å²) in [6.45, 7) is 6.46. The Kier molecular flexibility index (Phi) is 2.68. The van der Waals surface area contributed by atoms with Crippen molar-refractivity contribution in [3.63, 3.8) is 0 Å². The van der Waals surface area contributed by atoms with Crippen molar-refractivity contribution in [1.82, 2.24) is 0 Å². The normalized spacial score (nSPS) is 56.1. The second kappa shape index (κ2) is 3.82. The van der Waals surface area contributed by atoms with Gasteiger partial charge in [-0.1, -0.05) is 13.8 Å². The lowest BCUT2D eigenvalue weighted by molar-refractivity contribution is -0.138. The molecule has 3 aliphatic carbocycles. The van der Waals surface area contributed by atoms with Crippen LogP contribution in [0.4, 0.5) is 0 Å². The molecule has 3 fully saturated rings. The molecule has 0 heterocycles. The van der Waals surface area contributed by atoms with E-state index in [0.29, 0.717) is 23.5 Å². The molecule has 2 nitrogen and oxygen atoms in total. The van der Waals surface area contributed by atoms with Crippen LogP contribution >= 0.6 is 0 Å². The summed E-state index contributed by atoms with van der Waals surface area (Å²) in [6.07, 6.45) is 6.19. The van der Waals surface area contributed by atoms with Crippen LogP contribution in [0.3, 0.4) is 0 Å². The predicted molar refractivity (Wildman–Crippen MR) is 71.1 cm³/mol. The zero-order chi connectivity index (χ0) is 13.1. The summed E-state index contributed by atoms with van der Waals surface area (Å²) >= 11 is 0. The fourth-order valence-electron chi connectivity index (χ4n) is 5.37. The molecule has 0 unspecified atom stereocenters. The molecule has 102 valence electrons. The van der Waals surface area contributed by atoms with E-state index in [-0.39, 0.29) is 11.3 Å². The van der Waals surface area contributed by atoms with E-state index < -0.39 is 5.60 Å². The van der Waals surface area contributed by atoms with Gasteiger partial charge in [-0.05, 0) is 62.2 Å². The Morgan fingerprint density at radius 1 is 1.11 bits per heavy atom. The highest BCUT2D eigenvalue weighted by molar-refractivity contribution is 5.81. The van der Waals surface area contributed by atoms with Crippen LogP contribution in [0.25, 0.3) is 0 Å². The molecule has 0 saturated heterocycles. The zero-order valence-electron chi connectivity index (χ0n) is 11.9. The van der Waals surface area contributed by atoms with Gasteiger partial charge in [-0.3, -0.25) is 4.79 Å². The maximum absolute atomic E-state index is 11.9. The number of hydrogen-bond acceptors (Lipinski definition) is 2. The first-order valence-electron chi connectivity index (χ1n) is 7.62. The fourth-order valence-corrected chi connectivity index (χ4v) is 5.37. The van der Waals surface area contributed by atoms with Crippen molar-refractivity contribution >= 4 is 5.78 Å². The molecule has 0 amide bonds. The van der Waals surface area contributed by atoms with Gasteiger partial charge in [0.15, 0.2) is 0 Å². The first-order chi connectivity index (χ1) is 8.37. The van der Waals surface area contributed by atoms with E-state index in [1.807, 2.05) is 6.92 Å². The third-order valence-corrected chi connectivity index (χ3v) is 6.93. The minimum absolute atomic E-state index is 0.0915. The minimum atomic E-state index is -0.493. The highest BCUT2D eigenvalue weighted by Gasteiger charge is 2.60. The monoisotopic (exact) mass is 250 g/mol. The molecular formula is C16H26O2. The first kappa shape index (κ1) is 12.7. The molecule has 2 heteroatoms. The van der Waals surface area contributed by atoms with Crippen LogP contribution in [0.1, 0.15) is 59.3 Å². The fraction of sp³-hybridized carbons (Fsp3) is 0.938. The Labute approximate surface area is 110 Å². The molecule has 18 heavy (non-hydrogen) atoms. The maximum Gasteiger partial charge on any atom is 0.135 e. The molecule has 0 aromatic heterocycles. The Morgan fingerprint density at radius 3 is 2.56 bits per heavy atom. The van der Waals surface area contributed by atoms with Gasteiger partial charge >= 0.3 is 0 Å². The van der Waals surface area contributed by atoms with E-state index >= 15 is 0 Å². The van der Waals surface area contributed by atoms with Gasteiger partial charge in [0.05, 0.1) is 5.60 Å². The molecule has 6 atom stereocenters. The number of fused-ring (bicyclic) bond motifs is 3. The van der Waals surface area contributed by atoms with Crippen LogP contribution in [0.5, 0.6) is 0 Å². The van der Waals surface area contributed by atoms with Crippen LogP contribution < -0.4 is 0 Å². The van der Waals surface area contributed by atoms with E-state index in [9.17, 15) is 9.90 Å². The SMILES string of the molecule is C[C@H]1C(=O)CC[C@@H]2[C@@H]1CC[C@@]1(C)[C@H]2CC[C@]1(C)O. The van der Waals surface area contributed by atoms with Crippen LogP contribution in [0.2, 0.25) is 0 Å². The molecule has 1 N–H and O–H groups in total. The lowest BCUT2D eigenvalue weighted by Crippen LogP contribution is -2.51.